The lowest BCUT2D eigenvalue weighted by Gasteiger charge is -2.27. The van der Waals surface area contributed by atoms with E-state index in [0.717, 1.165) is 27.5 Å². The number of hydrogen-bond donors (Lipinski definition) is 0. The van der Waals surface area contributed by atoms with Crippen LogP contribution in [0.15, 0.2) is 78.9 Å². The van der Waals surface area contributed by atoms with Crippen molar-refractivity contribution in [3.8, 4) is 17.9 Å². The normalized spacial score (nSPS) is 14.8. The third-order valence-corrected chi connectivity index (χ3v) is 8.27. The zero-order chi connectivity index (χ0) is 25.3. The highest BCUT2D eigenvalue weighted by molar-refractivity contribution is 7.92. The summed E-state index contributed by atoms with van der Waals surface area (Å²) in [4.78, 5) is 0. The molecule has 4 aromatic rings. The molecule has 5 rings (SSSR count). The molecule has 1 atom stereocenters. The van der Waals surface area contributed by atoms with Gasteiger partial charge in [0, 0.05) is 6.42 Å². The lowest BCUT2D eigenvalue weighted by atomic mass is 9.98. The second kappa shape index (κ2) is 9.37. The molecule has 0 bridgehead atoms. The van der Waals surface area contributed by atoms with Crippen LogP contribution < -0.4 is 9.04 Å². The third-order valence-electron chi connectivity index (χ3n) is 6.49. The van der Waals surface area contributed by atoms with Crippen LogP contribution >= 0.6 is 0 Å². The van der Waals surface area contributed by atoms with Crippen molar-refractivity contribution in [3.05, 3.63) is 107 Å². The van der Waals surface area contributed by atoms with Crippen LogP contribution in [0.5, 0.6) is 5.75 Å². The van der Waals surface area contributed by atoms with Crippen molar-refractivity contribution in [2.24, 2.45) is 0 Å². The molecule has 36 heavy (non-hydrogen) atoms. The Morgan fingerprint density at radius 3 is 2.47 bits per heavy atom. The van der Waals surface area contributed by atoms with Crippen molar-refractivity contribution in [2.45, 2.75) is 26.0 Å². The van der Waals surface area contributed by atoms with Crippen molar-refractivity contribution in [1.29, 1.82) is 10.5 Å². The Morgan fingerprint density at radius 2 is 1.69 bits per heavy atom. The topological polar surface area (TPSA) is 94.2 Å². The van der Waals surface area contributed by atoms with Gasteiger partial charge in [-0.15, -0.1) is 0 Å². The average Bonchev–Trinajstić information content (AvgIpc) is 3.31. The molecule has 0 N–H and O–H groups in total. The smallest absolute Gasteiger partial charge is 0.235 e. The molecular formula is C29H23N3O3S. The van der Waals surface area contributed by atoms with Gasteiger partial charge in [-0.2, -0.15) is 10.5 Å². The van der Waals surface area contributed by atoms with Crippen LogP contribution in [-0.2, 0) is 23.1 Å². The summed E-state index contributed by atoms with van der Waals surface area (Å²) in [5.41, 5.74) is 4.45. The number of anilines is 1. The number of benzene rings is 4. The fourth-order valence-corrected chi connectivity index (χ4v) is 6.00. The first-order chi connectivity index (χ1) is 17.4. The maximum Gasteiger partial charge on any atom is 0.235 e. The fraction of sp³-hybridized carbons (Fsp3) is 0.172. The molecule has 1 aliphatic rings. The summed E-state index contributed by atoms with van der Waals surface area (Å²) in [5.74, 6) is 0.630. The van der Waals surface area contributed by atoms with Gasteiger partial charge in [0.25, 0.3) is 0 Å². The summed E-state index contributed by atoms with van der Waals surface area (Å²) in [7, 11) is -3.54. The van der Waals surface area contributed by atoms with Crippen molar-refractivity contribution >= 4 is 26.5 Å². The first kappa shape index (κ1) is 23.4. The van der Waals surface area contributed by atoms with Crippen molar-refractivity contribution in [3.63, 3.8) is 0 Å². The SMILES string of the molecule is CCS(=O)(=O)N1c2ccc(OCc3cccc(C#N)c3)cc2CC1c1ccc2ccc(C#N)cc2c1. The van der Waals surface area contributed by atoms with Gasteiger partial charge in [-0.25, -0.2) is 8.42 Å². The van der Waals surface area contributed by atoms with Crippen LogP contribution in [0.25, 0.3) is 10.8 Å². The predicted molar refractivity (Wildman–Crippen MR) is 139 cm³/mol. The minimum Gasteiger partial charge on any atom is -0.489 e. The first-order valence-electron chi connectivity index (χ1n) is 11.6. The fourth-order valence-electron chi connectivity index (χ4n) is 4.66. The average molecular weight is 494 g/mol. The molecule has 0 spiro atoms. The summed E-state index contributed by atoms with van der Waals surface area (Å²) in [6.07, 6.45) is 0.513. The highest BCUT2D eigenvalue weighted by Gasteiger charge is 2.37. The molecule has 1 unspecified atom stereocenters. The molecular weight excluding hydrogens is 470 g/mol. The molecule has 0 fully saturated rings. The van der Waals surface area contributed by atoms with Crippen LogP contribution in [0, 0.1) is 22.7 Å². The molecule has 0 aromatic heterocycles. The number of hydrogen-bond acceptors (Lipinski definition) is 5. The number of ether oxygens (including phenoxy) is 1. The summed E-state index contributed by atoms with van der Waals surface area (Å²) in [6.45, 7) is 1.96. The molecule has 0 amide bonds. The van der Waals surface area contributed by atoms with Crippen molar-refractivity contribution in [1.82, 2.24) is 0 Å². The van der Waals surface area contributed by atoms with E-state index in [1.165, 1.54) is 4.31 Å². The minimum absolute atomic E-state index is 0.0113. The largest absolute Gasteiger partial charge is 0.489 e. The van der Waals surface area contributed by atoms with E-state index in [4.69, 9.17) is 10.00 Å². The van der Waals surface area contributed by atoms with Gasteiger partial charge < -0.3 is 4.74 Å². The molecule has 6 nitrogen and oxygen atoms in total. The minimum atomic E-state index is -3.54. The number of fused-ring (bicyclic) bond motifs is 2. The van der Waals surface area contributed by atoms with Gasteiger partial charge in [-0.05, 0) is 82.9 Å². The molecule has 0 saturated heterocycles. The predicted octanol–water partition coefficient (Wildman–Crippen LogP) is 5.62. The molecule has 7 heteroatoms. The van der Waals surface area contributed by atoms with Gasteiger partial charge in [0.05, 0.1) is 40.7 Å². The van der Waals surface area contributed by atoms with Crippen LogP contribution in [0.4, 0.5) is 5.69 Å². The Morgan fingerprint density at radius 1 is 0.917 bits per heavy atom. The van der Waals surface area contributed by atoms with E-state index in [-0.39, 0.29) is 11.8 Å². The Hall–Kier alpha value is -4.33. The lowest BCUT2D eigenvalue weighted by Crippen LogP contribution is -2.33. The van der Waals surface area contributed by atoms with Crippen LogP contribution in [0.2, 0.25) is 0 Å². The Labute approximate surface area is 210 Å². The van der Waals surface area contributed by atoms with Gasteiger partial charge >= 0.3 is 0 Å². The lowest BCUT2D eigenvalue weighted by molar-refractivity contribution is 0.306. The van der Waals surface area contributed by atoms with Crippen LogP contribution in [-0.4, -0.2) is 14.2 Å². The van der Waals surface area contributed by atoms with E-state index in [1.54, 1.807) is 37.3 Å². The summed E-state index contributed by atoms with van der Waals surface area (Å²) in [6, 6.07) is 28.1. The summed E-state index contributed by atoms with van der Waals surface area (Å²) >= 11 is 0. The molecule has 4 aromatic carbocycles. The van der Waals surface area contributed by atoms with E-state index >= 15 is 0 Å². The van der Waals surface area contributed by atoms with E-state index in [2.05, 4.69) is 12.1 Å². The van der Waals surface area contributed by atoms with Gasteiger partial charge in [0.15, 0.2) is 0 Å². The van der Waals surface area contributed by atoms with E-state index in [0.29, 0.717) is 35.6 Å². The molecule has 1 heterocycles. The van der Waals surface area contributed by atoms with Gasteiger partial charge in [-0.1, -0.05) is 30.3 Å². The Bertz CT molecular complexity index is 1670. The van der Waals surface area contributed by atoms with E-state index in [9.17, 15) is 13.7 Å². The van der Waals surface area contributed by atoms with Gasteiger partial charge in [0.2, 0.25) is 10.0 Å². The number of sulfonamides is 1. The Balaban J connectivity index is 1.48. The van der Waals surface area contributed by atoms with Crippen LogP contribution in [0.3, 0.4) is 0 Å². The van der Waals surface area contributed by atoms with Gasteiger partial charge in [-0.3, -0.25) is 4.31 Å². The molecule has 178 valence electrons. The summed E-state index contributed by atoms with van der Waals surface area (Å²) in [5, 5.41) is 20.3. The maximum atomic E-state index is 13.2. The monoisotopic (exact) mass is 493 g/mol. The molecule has 0 radical (unpaired) electrons. The van der Waals surface area contributed by atoms with Gasteiger partial charge in [0.1, 0.15) is 12.4 Å². The highest BCUT2D eigenvalue weighted by atomic mass is 32.2. The summed E-state index contributed by atoms with van der Waals surface area (Å²) < 4.78 is 33.9. The van der Waals surface area contributed by atoms with Crippen LogP contribution in [0.1, 0.15) is 40.8 Å². The maximum absolute atomic E-state index is 13.2. The zero-order valence-corrected chi connectivity index (χ0v) is 20.5. The number of nitrogens with zero attached hydrogens (tertiary/aromatic N) is 3. The quantitative estimate of drug-likeness (QED) is 0.348. The third kappa shape index (κ3) is 4.37. The Kier molecular flexibility index (Phi) is 6.10. The van der Waals surface area contributed by atoms with Crippen molar-refractivity contribution in [2.75, 3.05) is 10.1 Å². The number of rotatable bonds is 6. The highest BCUT2D eigenvalue weighted by Crippen LogP contribution is 2.44. The van der Waals surface area contributed by atoms with Crippen molar-refractivity contribution < 1.29 is 13.2 Å². The van der Waals surface area contributed by atoms with E-state index in [1.807, 2.05) is 48.5 Å². The molecule has 0 saturated carbocycles. The molecule has 0 aliphatic carbocycles. The number of nitriles is 2. The standard InChI is InChI=1S/C29H23N3O3S/c1-2-36(33,34)32-28-11-10-27(35-19-22-5-3-4-20(12-22)17-30)15-26(28)16-29(32)24-9-8-23-7-6-21(18-31)13-25(23)14-24/h3-15,29H,2,16,19H2,1H3. The second-order valence-electron chi connectivity index (χ2n) is 8.74. The zero-order valence-electron chi connectivity index (χ0n) is 19.7. The molecule has 1 aliphatic heterocycles. The first-order valence-corrected chi connectivity index (χ1v) is 13.2. The van der Waals surface area contributed by atoms with E-state index < -0.39 is 10.0 Å². The second-order valence-corrected chi connectivity index (χ2v) is 10.9.